The number of nitrogens with zero attached hydrogens (tertiary/aromatic N) is 4. The Morgan fingerprint density at radius 1 is 1.37 bits per heavy atom. The summed E-state index contributed by atoms with van der Waals surface area (Å²) < 4.78 is 54.2. The molecule has 0 saturated carbocycles. The molecule has 2 aromatic rings. The molecule has 102 valence electrons. The van der Waals surface area contributed by atoms with Gasteiger partial charge in [0, 0.05) is 19.7 Å². The Hall–Kier alpha value is -1.86. The maximum absolute atomic E-state index is 13.3. The minimum atomic E-state index is -4.46. The lowest BCUT2D eigenvalue weighted by atomic mass is 9.88. The lowest BCUT2D eigenvalue weighted by molar-refractivity contribution is -0.181. The number of alkyl halides is 3. The first-order valence-corrected chi connectivity index (χ1v) is 5.57. The third-order valence-electron chi connectivity index (χ3n) is 3.55. The number of anilines is 1. The van der Waals surface area contributed by atoms with Crippen molar-refractivity contribution in [2.45, 2.75) is 18.5 Å². The maximum Gasteiger partial charge on any atom is 0.401 e. The Bertz CT molecular complexity index is 662. The van der Waals surface area contributed by atoms with E-state index in [-0.39, 0.29) is 17.9 Å². The molecule has 1 aliphatic rings. The first-order valence-electron chi connectivity index (χ1n) is 5.57. The van der Waals surface area contributed by atoms with Gasteiger partial charge in [-0.3, -0.25) is 0 Å². The number of aromatic nitrogens is 3. The fourth-order valence-corrected chi connectivity index (χ4v) is 2.55. The third kappa shape index (κ3) is 1.45. The molecule has 2 aromatic heterocycles. The van der Waals surface area contributed by atoms with Gasteiger partial charge in [-0.25, -0.2) is 9.50 Å². The molecule has 1 atom stereocenters. The normalized spacial score (nSPS) is 23.2. The van der Waals surface area contributed by atoms with Gasteiger partial charge in [-0.2, -0.15) is 17.6 Å². The van der Waals surface area contributed by atoms with Crippen molar-refractivity contribution < 1.29 is 17.6 Å². The first kappa shape index (κ1) is 12.2. The number of rotatable bonds is 0. The van der Waals surface area contributed by atoms with Gasteiger partial charge in [0.05, 0.1) is 17.6 Å². The molecule has 3 heterocycles. The monoisotopic (exact) mass is 274 g/mol. The highest BCUT2D eigenvalue weighted by atomic mass is 19.4. The van der Waals surface area contributed by atoms with E-state index in [9.17, 15) is 17.6 Å². The van der Waals surface area contributed by atoms with Gasteiger partial charge in [0.25, 0.3) is 0 Å². The number of hydrogen-bond donors (Lipinski definition) is 0. The molecule has 3 rings (SSSR count). The zero-order valence-corrected chi connectivity index (χ0v) is 10.2. The van der Waals surface area contributed by atoms with Crippen molar-refractivity contribution in [3.05, 3.63) is 23.9 Å². The molecule has 0 N–H and O–H groups in total. The van der Waals surface area contributed by atoms with E-state index in [1.807, 2.05) is 0 Å². The summed E-state index contributed by atoms with van der Waals surface area (Å²) in [7, 11) is 1.54. The van der Waals surface area contributed by atoms with E-state index >= 15 is 0 Å². The van der Waals surface area contributed by atoms with Crippen molar-refractivity contribution >= 4 is 11.3 Å². The predicted octanol–water partition coefficient (Wildman–Crippen LogP) is 2.14. The van der Waals surface area contributed by atoms with Crippen molar-refractivity contribution in [1.82, 2.24) is 14.6 Å². The van der Waals surface area contributed by atoms with Crippen LogP contribution in [0.4, 0.5) is 23.2 Å². The van der Waals surface area contributed by atoms with Crippen LogP contribution in [0.1, 0.15) is 12.6 Å². The Balaban J connectivity index is 2.38. The minimum absolute atomic E-state index is 0.0713. The quantitative estimate of drug-likeness (QED) is 0.690. The third-order valence-corrected chi connectivity index (χ3v) is 3.55. The van der Waals surface area contributed by atoms with Crippen molar-refractivity contribution in [2.24, 2.45) is 0 Å². The van der Waals surface area contributed by atoms with Crippen LogP contribution >= 0.6 is 0 Å². The molecule has 4 nitrogen and oxygen atoms in total. The zero-order chi connectivity index (χ0) is 14.0. The van der Waals surface area contributed by atoms with Gasteiger partial charge in [0.15, 0.2) is 5.65 Å². The van der Waals surface area contributed by atoms with Crippen LogP contribution in [0, 0.1) is 5.95 Å². The van der Waals surface area contributed by atoms with Crippen LogP contribution in [0.5, 0.6) is 0 Å². The summed E-state index contributed by atoms with van der Waals surface area (Å²) in [4.78, 5) is 5.38. The van der Waals surface area contributed by atoms with Gasteiger partial charge in [0.2, 0.25) is 5.95 Å². The van der Waals surface area contributed by atoms with E-state index in [2.05, 4.69) is 10.1 Å². The fraction of sp³-hybridized carbons (Fsp3) is 0.455. The van der Waals surface area contributed by atoms with Crippen LogP contribution in [0.3, 0.4) is 0 Å². The molecule has 1 unspecified atom stereocenters. The largest absolute Gasteiger partial charge is 0.401 e. The van der Waals surface area contributed by atoms with Gasteiger partial charge in [-0.05, 0) is 6.92 Å². The molecule has 0 amide bonds. The standard InChI is InChI=1S/C11H10F4N4/c1-10(11(13,14)15)5-18(2)6-4-16-8-3-7(12)17-19(8)9(6)10/h3-4H,5H2,1-2H3. The number of likely N-dealkylation sites (N-methyl/N-ethyl adjacent to an activating group) is 1. The van der Waals surface area contributed by atoms with Gasteiger partial charge in [-0.15, -0.1) is 5.10 Å². The molecule has 0 fully saturated rings. The fourth-order valence-electron chi connectivity index (χ4n) is 2.55. The van der Waals surface area contributed by atoms with E-state index < -0.39 is 17.5 Å². The summed E-state index contributed by atoms with van der Waals surface area (Å²) >= 11 is 0. The van der Waals surface area contributed by atoms with E-state index in [0.717, 1.165) is 17.5 Å². The molecular formula is C11H10F4N4. The average Bonchev–Trinajstić information content (AvgIpc) is 2.76. The zero-order valence-electron chi connectivity index (χ0n) is 10.2. The molecule has 0 bridgehead atoms. The first-order chi connectivity index (χ1) is 8.74. The Kier molecular flexibility index (Phi) is 2.16. The average molecular weight is 274 g/mol. The lowest BCUT2D eigenvalue weighted by Gasteiger charge is -2.27. The van der Waals surface area contributed by atoms with Crippen LogP contribution in [0.2, 0.25) is 0 Å². The van der Waals surface area contributed by atoms with Crippen LogP contribution in [-0.2, 0) is 5.41 Å². The van der Waals surface area contributed by atoms with Crippen LogP contribution in [0.25, 0.3) is 5.65 Å². The molecule has 0 spiro atoms. The van der Waals surface area contributed by atoms with Crippen LogP contribution < -0.4 is 4.90 Å². The molecule has 0 radical (unpaired) electrons. The Morgan fingerprint density at radius 3 is 2.68 bits per heavy atom. The molecule has 19 heavy (non-hydrogen) atoms. The maximum atomic E-state index is 13.3. The Labute approximate surface area is 105 Å². The summed E-state index contributed by atoms with van der Waals surface area (Å²) in [6.45, 7) is 0.850. The summed E-state index contributed by atoms with van der Waals surface area (Å²) in [6, 6.07) is 1.01. The lowest BCUT2D eigenvalue weighted by Crippen LogP contribution is -2.43. The summed E-state index contributed by atoms with van der Waals surface area (Å²) in [5.74, 6) is -0.847. The summed E-state index contributed by atoms with van der Waals surface area (Å²) in [6.07, 6.45) is -3.13. The van der Waals surface area contributed by atoms with Crippen molar-refractivity contribution in [2.75, 3.05) is 18.5 Å². The SMILES string of the molecule is CN1CC(C)(C(F)(F)F)c2c1cnc1cc(F)nn21. The number of halogens is 4. The number of hydrogen-bond acceptors (Lipinski definition) is 3. The highest BCUT2D eigenvalue weighted by molar-refractivity contribution is 5.62. The van der Waals surface area contributed by atoms with Gasteiger partial charge in [0.1, 0.15) is 5.41 Å². The topological polar surface area (TPSA) is 33.4 Å². The second kappa shape index (κ2) is 3.37. The van der Waals surface area contributed by atoms with Gasteiger partial charge < -0.3 is 4.90 Å². The van der Waals surface area contributed by atoms with Crippen molar-refractivity contribution in [3.8, 4) is 0 Å². The summed E-state index contributed by atoms with van der Waals surface area (Å²) in [5.41, 5.74) is -1.79. The molecule has 0 aliphatic carbocycles. The van der Waals surface area contributed by atoms with Gasteiger partial charge >= 0.3 is 6.18 Å². The predicted molar refractivity (Wildman–Crippen MR) is 59.6 cm³/mol. The molecule has 1 aliphatic heterocycles. The molecular weight excluding hydrogens is 264 g/mol. The Morgan fingerprint density at radius 2 is 2.05 bits per heavy atom. The number of fused-ring (bicyclic) bond motifs is 3. The molecule has 8 heteroatoms. The summed E-state index contributed by atoms with van der Waals surface area (Å²) in [5, 5.41) is 3.49. The van der Waals surface area contributed by atoms with E-state index in [1.54, 1.807) is 7.05 Å². The second-order valence-corrected chi connectivity index (χ2v) is 4.92. The van der Waals surface area contributed by atoms with Crippen LogP contribution in [-0.4, -0.2) is 34.4 Å². The molecule has 0 aromatic carbocycles. The van der Waals surface area contributed by atoms with E-state index in [0.29, 0.717) is 5.69 Å². The van der Waals surface area contributed by atoms with Crippen LogP contribution in [0.15, 0.2) is 12.3 Å². The van der Waals surface area contributed by atoms with Crippen molar-refractivity contribution in [1.29, 1.82) is 0 Å². The van der Waals surface area contributed by atoms with Gasteiger partial charge in [-0.1, -0.05) is 0 Å². The smallest absolute Gasteiger partial charge is 0.371 e. The second-order valence-electron chi connectivity index (χ2n) is 4.92. The van der Waals surface area contributed by atoms with E-state index in [4.69, 9.17) is 0 Å². The van der Waals surface area contributed by atoms with Crippen molar-refractivity contribution in [3.63, 3.8) is 0 Å². The molecule has 0 saturated heterocycles. The highest BCUT2D eigenvalue weighted by Gasteiger charge is 2.59. The van der Waals surface area contributed by atoms with E-state index in [1.165, 1.54) is 11.1 Å². The highest BCUT2D eigenvalue weighted by Crippen LogP contribution is 2.49. The minimum Gasteiger partial charge on any atom is -0.371 e.